The predicted molar refractivity (Wildman–Crippen MR) is 75.2 cm³/mol. The molecule has 0 saturated carbocycles. The molecule has 0 unspecified atom stereocenters. The first-order chi connectivity index (χ1) is 9.29. The van der Waals surface area contributed by atoms with Crippen molar-refractivity contribution < 1.29 is 13.2 Å². The number of carbonyl (C=O) groups excluding carboxylic acids is 1. The molecule has 1 amide bonds. The fraction of sp³-hybridized carbons (Fsp3) is 0.167. The summed E-state index contributed by atoms with van der Waals surface area (Å²) in [7, 11) is -3.36. The van der Waals surface area contributed by atoms with Gasteiger partial charge >= 0.3 is 0 Å². The van der Waals surface area contributed by atoms with Crippen molar-refractivity contribution in [1.29, 1.82) is 0 Å². The molecule has 0 radical (unpaired) electrons. The lowest BCUT2D eigenvalue weighted by molar-refractivity contribution is 0.102. The number of hydrogen-bond acceptors (Lipinski definition) is 5. The monoisotopic (exact) mass is 294 g/mol. The van der Waals surface area contributed by atoms with E-state index in [1.807, 2.05) is 0 Å². The number of hydrogen-bond donors (Lipinski definition) is 3. The quantitative estimate of drug-likeness (QED) is 0.779. The fourth-order valence-corrected chi connectivity index (χ4v) is 2.25. The van der Waals surface area contributed by atoms with Crippen molar-refractivity contribution in [2.45, 2.75) is 11.8 Å². The average Bonchev–Trinajstić information content (AvgIpc) is 2.70. The number of nitrogen functional groups attached to an aromatic ring is 1. The largest absolute Gasteiger partial charge is 0.394 e. The van der Waals surface area contributed by atoms with E-state index in [1.54, 1.807) is 6.92 Å². The summed E-state index contributed by atoms with van der Waals surface area (Å²) in [6, 6.07) is 5.75. The molecule has 1 aromatic heterocycles. The molecule has 0 bridgehead atoms. The Labute approximate surface area is 116 Å². The molecular formula is C12H14N4O3S. The van der Waals surface area contributed by atoms with Crippen molar-refractivity contribution in [2.75, 3.05) is 17.3 Å². The smallest absolute Gasteiger partial charge is 0.256 e. The van der Waals surface area contributed by atoms with Crippen LogP contribution in [0.25, 0.3) is 0 Å². The lowest BCUT2D eigenvalue weighted by Crippen LogP contribution is -2.14. The lowest BCUT2D eigenvalue weighted by atomic mass is 10.2. The maximum absolute atomic E-state index is 12.0. The van der Waals surface area contributed by atoms with Crippen LogP contribution in [0.15, 0.2) is 29.2 Å². The van der Waals surface area contributed by atoms with Crippen LogP contribution in [0.1, 0.15) is 16.1 Å². The van der Waals surface area contributed by atoms with E-state index in [4.69, 9.17) is 5.73 Å². The molecule has 7 nitrogen and oxygen atoms in total. The molecule has 1 heterocycles. The number of carbonyl (C=O) groups is 1. The van der Waals surface area contributed by atoms with Gasteiger partial charge in [0.05, 0.1) is 16.3 Å². The predicted octanol–water partition coefficient (Wildman–Crippen LogP) is 0.956. The highest BCUT2D eigenvalue weighted by Gasteiger charge is 2.14. The van der Waals surface area contributed by atoms with Crippen molar-refractivity contribution in [3.63, 3.8) is 0 Å². The van der Waals surface area contributed by atoms with Gasteiger partial charge in [-0.2, -0.15) is 5.10 Å². The van der Waals surface area contributed by atoms with Gasteiger partial charge in [0.15, 0.2) is 15.7 Å². The number of nitrogens with two attached hydrogens (primary N) is 1. The highest BCUT2D eigenvalue weighted by Crippen LogP contribution is 2.19. The molecule has 0 aliphatic heterocycles. The van der Waals surface area contributed by atoms with Crippen LogP contribution in [0.2, 0.25) is 0 Å². The third kappa shape index (κ3) is 2.80. The maximum atomic E-state index is 12.0. The van der Waals surface area contributed by atoms with E-state index in [1.165, 1.54) is 24.3 Å². The van der Waals surface area contributed by atoms with Gasteiger partial charge in [-0.05, 0) is 25.1 Å². The molecule has 0 atom stereocenters. The van der Waals surface area contributed by atoms with E-state index in [-0.39, 0.29) is 16.3 Å². The van der Waals surface area contributed by atoms with Crippen LogP contribution in [0, 0.1) is 6.92 Å². The number of rotatable bonds is 3. The summed E-state index contributed by atoms with van der Waals surface area (Å²) in [4.78, 5) is 12.1. The molecule has 1 aromatic carbocycles. The number of nitrogens with one attached hydrogen (secondary N) is 2. The number of sulfone groups is 1. The topological polar surface area (TPSA) is 118 Å². The average molecular weight is 294 g/mol. The third-order valence-electron chi connectivity index (χ3n) is 2.75. The van der Waals surface area contributed by atoms with Crippen molar-refractivity contribution in [2.24, 2.45) is 0 Å². The van der Waals surface area contributed by atoms with Gasteiger partial charge in [-0.1, -0.05) is 6.07 Å². The highest BCUT2D eigenvalue weighted by molar-refractivity contribution is 7.90. The second-order valence-electron chi connectivity index (χ2n) is 4.37. The zero-order valence-corrected chi connectivity index (χ0v) is 11.8. The number of amides is 1. The Morgan fingerprint density at radius 3 is 2.65 bits per heavy atom. The molecule has 0 fully saturated rings. The van der Waals surface area contributed by atoms with E-state index < -0.39 is 15.7 Å². The van der Waals surface area contributed by atoms with Crippen LogP contribution in [0.5, 0.6) is 0 Å². The molecular weight excluding hydrogens is 280 g/mol. The second kappa shape index (κ2) is 4.97. The number of nitrogens with zero attached hydrogens (tertiary/aromatic N) is 1. The molecule has 0 spiro atoms. The van der Waals surface area contributed by atoms with E-state index in [0.29, 0.717) is 11.4 Å². The van der Waals surface area contributed by atoms with Crippen LogP contribution >= 0.6 is 0 Å². The summed E-state index contributed by atoms with van der Waals surface area (Å²) in [5.74, 6) is -0.258. The minimum absolute atomic E-state index is 0.0799. The number of anilines is 2. The molecule has 0 aliphatic carbocycles. The summed E-state index contributed by atoms with van der Waals surface area (Å²) in [6.45, 7) is 1.72. The first-order valence-electron chi connectivity index (χ1n) is 5.71. The normalized spacial score (nSPS) is 11.3. The van der Waals surface area contributed by atoms with Crippen LogP contribution in [-0.2, 0) is 9.84 Å². The Kier molecular flexibility index (Phi) is 3.49. The Balaban J connectivity index is 2.28. The first-order valence-corrected chi connectivity index (χ1v) is 7.60. The molecule has 4 N–H and O–H groups in total. The van der Waals surface area contributed by atoms with E-state index >= 15 is 0 Å². The standard InChI is InChI=1S/C12H14N4O3S/c1-7-10(13)11(16-15-7)14-12(17)8-4-3-5-9(6-8)20(2,18)19/h3-6H,13H2,1-2H3,(H2,14,15,16,17). The molecule has 2 aromatic rings. The Bertz CT molecular complexity index is 765. The van der Waals surface area contributed by atoms with Crippen LogP contribution < -0.4 is 11.1 Å². The van der Waals surface area contributed by atoms with Crippen molar-refractivity contribution in [3.05, 3.63) is 35.5 Å². The van der Waals surface area contributed by atoms with Crippen molar-refractivity contribution in [1.82, 2.24) is 10.2 Å². The van der Waals surface area contributed by atoms with Gasteiger partial charge in [-0.25, -0.2) is 8.42 Å². The van der Waals surface area contributed by atoms with Gasteiger partial charge in [-0.3, -0.25) is 9.89 Å². The first kappa shape index (κ1) is 14.1. The van der Waals surface area contributed by atoms with Crippen molar-refractivity contribution in [3.8, 4) is 0 Å². The summed E-state index contributed by atoms with van der Waals surface area (Å²) in [5, 5.41) is 9.02. The summed E-state index contributed by atoms with van der Waals surface area (Å²) < 4.78 is 22.9. The van der Waals surface area contributed by atoms with E-state index in [9.17, 15) is 13.2 Å². The Morgan fingerprint density at radius 2 is 2.10 bits per heavy atom. The van der Waals surface area contributed by atoms with Gasteiger partial charge < -0.3 is 11.1 Å². The molecule has 2 rings (SSSR count). The third-order valence-corrected chi connectivity index (χ3v) is 3.86. The SMILES string of the molecule is Cc1[nH]nc(NC(=O)c2cccc(S(C)(=O)=O)c2)c1N. The summed E-state index contributed by atoms with van der Waals surface area (Å²) in [5.41, 5.74) is 6.93. The van der Waals surface area contributed by atoms with Gasteiger partial charge in [0.25, 0.3) is 5.91 Å². The van der Waals surface area contributed by atoms with Crippen LogP contribution in [-0.4, -0.2) is 30.8 Å². The lowest BCUT2D eigenvalue weighted by Gasteiger charge is -2.05. The van der Waals surface area contributed by atoms with Crippen LogP contribution in [0.3, 0.4) is 0 Å². The molecule has 8 heteroatoms. The minimum Gasteiger partial charge on any atom is -0.394 e. The zero-order valence-electron chi connectivity index (χ0n) is 11.0. The zero-order chi connectivity index (χ0) is 14.9. The summed E-state index contributed by atoms with van der Waals surface area (Å²) in [6.07, 6.45) is 1.08. The summed E-state index contributed by atoms with van der Waals surface area (Å²) >= 11 is 0. The minimum atomic E-state index is -3.36. The van der Waals surface area contributed by atoms with Crippen molar-refractivity contribution >= 4 is 27.2 Å². The molecule has 20 heavy (non-hydrogen) atoms. The maximum Gasteiger partial charge on any atom is 0.256 e. The second-order valence-corrected chi connectivity index (χ2v) is 6.38. The molecule has 0 saturated heterocycles. The van der Waals surface area contributed by atoms with E-state index in [0.717, 1.165) is 6.26 Å². The van der Waals surface area contributed by atoms with Gasteiger partial charge in [0, 0.05) is 11.8 Å². The van der Waals surface area contributed by atoms with E-state index in [2.05, 4.69) is 15.5 Å². The number of aromatic nitrogens is 2. The highest BCUT2D eigenvalue weighted by atomic mass is 32.2. The number of aryl methyl sites for hydroxylation is 1. The number of H-pyrrole nitrogens is 1. The number of benzene rings is 1. The van der Waals surface area contributed by atoms with Crippen LogP contribution in [0.4, 0.5) is 11.5 Å². The molecule has 0 aliphatic rings. The Hall–Kier alpha value is -2.35. The number of aromatic amines is 1. The molecule has 106 valence electrons. The van der Waals surface area contributed by atoms with Gasteiger partial charge in [0.2, 0.25) is 0 Å². The Morgan fingerprint density at radius 1 is 1.40 bits per heavy atom. The van der Waals surface area contributed by atoms with Gasteiger partial charge in [-0.15, -0.1) is 0 Å². The fourth-order valence-electron chi connectivity index (χ4n) is 1.58. The van der Waals surface area contributed by atoms with Gasteiger partial charge in [0.1, 0.15) is 0 Å².